The summed E-state index contributed by atoms with van der Waals surface area (Å²) in [5.41, 5.74) is 7.00. The van der Waals surface area contributed by atoms with E-state index in [1.807, 2.05) is 42.5 Å². The number of nitrogens with zero attached hydrogens (tertiary/aromatic N) is 4. The van der Waals surface area contributed by atoms with E-state index >= 15 is 0 Å². The van der Waals surface area contributed by atoms with Crippen molar-refractivity contribution < 1.29 is 44.4 Å². The van der Waals surface area contributed by atoms with Gasteiger partial charge in [-0.2, -0.15) is 0 Å². The molecule has 51 heavy (non-hydrogen) atoms. The first-order chi connectivity index (χ1) is 24.4. The summed E-state index contributed by atoms with van der Waals surface area (Å²) >= 11 is 14.1. The third kappa shape index (κ3) is 6.92. The molecule has 1 fully saturated rings. The van der Waals surface area contributed by atoms with Gasteiger partial charge in [0, 0.05) is 35.5 Å². The van der Waals surface area contributed by atoms with Crippen LogP contribution in [0.25, 0.3) is 6.08 Å². The Morgan fingerprint density at radius 3 is 2.67 bits per heavy atom. The lowest BCUT2D eigenvalue weighted by atomic mass is 10.0. The Hall–Kier alpha value is -5.23. The number of nitrogens with two attached hydrogens (primary N) is 1. The lowest BCUT2D eigenvalue weighted by Crippen LogP contribution is -2.71. The third-order valence-electron chi connectivity index (χ3n) is 7.96. The molecule has 264 valence electrons. The summed E-state index contributed by atoms with van der Waals surface area (Å²) < 4.78 is 0. The van der Waals surface area contributed by atoms with Gasteiger partial charge in [-0.3, -0.25) is 14.5 Å². The van der Waals surface area contributed by atoms with Gasteiger partial charge >= 0.3 is 11.9 Å². The number of β-lactam (4-membered cyclic amide) rings is 1. The Morgan fingerprint density at radius 1 is 1.20 bits per heavy atom. The summed E-state index contributed by atoms with van der Waals surface area (Å²) in [5, 5.41) is 45.7. The minimum absolute atomic E-state index is 0.0325. The normalized spacial score (nSPS) is 19.0. The van der Waals surface area contributed by atoms with E-state index in [4.69, 9.17) is 33.8 Å². The molecule has 2 amide bonds. The minimum atomic E-state index is -2.04. The highest BCUT2D eigenvalue weighted by Gasteiger charge is 2.54. The summed E-state index contributed by atoms with van der Waals surface area (Å²) in [6, 6.07) is 7.67. The number of rotatable bonds is 11. The van der Waals surface area contributed by atoms with Crippen LogP contribution in [0.5, 0.6) is 11.5 Å². The number of nitrogen functional groups attached to an aromatic ring is 1. The van der Waals surface area contributed by atoms with Crippen LogP contribution in [0.15, 0.2) is 70.4 Å². The van der Waals surface area contributed by atoms with Crippen molar-refractivity contribution >= 4 is 92.7 Å². The predicted octanol–water partition coefficient (Wildman–Crippen LogP) is 3.82. The number of carbonyl (C=O) groups is 4. The van der Waals surface area contributed by atoms with Crippen molar-refractivity contribution in [1.82, 2.24) is 15.2 Å². The Balaban J connectivity index is 1.20. The molecule has 3 unspecified atom stereocenters. The number of anilines is 2. The van der Waals surface area contributed by atoms with Gasteiger partial charge in [-0.1, -0.05) is 70.9 Å². The smallest absolute Gasteiger partial charge is 0.352 e. The number of carbonyl (C=O) groups excluding carboxylic acids is 2. The van der Waals surface area contributed by atoms with E-state index < -0.39 is 74.1 Å². The highest BCUT2D eigenvalue weighted by molar-refractivity contribution is 8.00. The van der Waals surface area contributed by atoms with Crippen molar-refractivity contribution in [2.75, 3.05) is 29.5 Å². The SMILES string of the molecule is Nc1nc(C(=NOC(C(=O)O)c2cc(Cl)c(O)c(O)c2Cl)C(=O)NC2C(=O)N3C(C(=O)O)=C(C=CCN4CC=Cc5ccccc54)CSC23)cs1. The van der Waals surface area contributed by atoms with E-state index in [9.17, 15) is 39.6 Å². The fourth-order valence-corrected chi connectivity index (χ4v) is 7.87. The number of halogens is 2. The van der Waals surface area contributed by atoms with Crippen LogP contribution in [0.4, 0.5) is 10.8 Å². The first-order valence-electron chi connectivity index (χ1n) is 14.8. The second-order valence-electron chi connectivity index (χ2n) is 11.1. The van der Waals surface area contributed by atoms with Crippen LogP contribution in [0.3, 0.4) is 0 Å². The molecule has 0 saturated carbocycles. The van der Waals surface area contributed by atoms with Crippen molar-refractivity contribution in [1.29, 1.82) is 0 Å². The Morgan fingerprint density at radius 2 is 1.96 bits per heavy atom. The van der Waals surface area contributed by atoms with Crippen molar-refractivity contribution in [2.45, 2.75) is 17.5 Å². The topological polar surface area (TPSA) is 228 Å². The number of oxime groups is 1. The molecule has 19 heteroatoms. The molecule has 3 aliphatic rings. The van der Waals surface area contributed by atoms with E-state index in [-0.39, 0.29) is 22.3 Å². The van der Waals surface area contributed by atoms with Crippen molar-refractivity contribution in [3.8, 4) is 11.5 Å². The van der Waals surface area contributed by atoms with Gasteiger partial charge in [-0.05, 0) is 23.3 Å². The number of carboxylic acids is 2. The number of amides is 2. The highest BCUT2D eigenvalue weighted by Crippen LogP contribution is 2.44. The van der Waals surface area contributed by atoms with Crippen LogP contribution in [0.1, 0.15) is 22.9 Å². The number of para-hydroxylation sites is 1. The molecule has 0 aliphatic carbocycles. The average Bonchev–Trinajstić information content (AvgIpc) is 3.54. The molecule has 3 aliphatic heterocycles. The van der Waals surface area contributed by atoms with Crippen LogP contribution >= 0.6 is 46.3 Å². The van der Waals surface area contributed by atoms with Gasteiger partial charge in [0.05, 0.1) is 10.0 Å². The van der Waals surface area contributed by atoms with Crippen molar-refractivity contribution in [3.05, 3.63) is 92.1 Å². The maximum atomic E-state index is 13.6. The number of thioether (sulfide) groups is 1. The second kappa shape index (κ2) is 14.6. The molecule has 15 nitrogen and oxygen atoms in total. The first-order valence-corrected chi connectivity index (χ1v) is 17.5. The third-order valence-corrected chi connectivity index (χ3v) is 10.6. The number of allylic oxidation sites excluding steroid dienone is 1. The summed E-state index contributed by atoms with van der Waals surface area (Å²) in [7, 11) is 0. The predicted molar refractivity (Wildman–Crippen MR) is 191 cm³/mol. The molecular formula is C32H26Cl2N6O9S2. The van der Waals surface area contributed by atoms with E-state index in [1.165, 1.54) is 17.1 Å². The number of aromatic nitrogens is 1. The van der Waals surface area contributed by atoms with Crippen LogP contribution in [0, 0.1) is 0 Å². The molecule has 1 aromatic heterocycles. The number of carboxylic acid groups (broad SMARTS) is 2. The average molecular weight is 774 g/mol. The largest absolute Gasteiger partial charge is 0.503 e. The van der Waals surface area contributed by atoms with Gasteiger partial charge in [0.15, 0.2) is 22.3 Å². The zero-order valence-electron chi connectivity index (χ0n) is 25.9. The molecule has 6 rings (SSSR count). The monoisotopic (exact) mass is 772 g/mol. The number of hydrogen-bond donors (Lipinski definition) is 6. The standard InChI is InChI=1S/C32H26Cl2N6O9S2/c33-17-11-16(20(34)25(42)24(17)41)26(31(47)48)49-38-21(18-13-51-32(35)36-18)27(43)37-22-28(44)40-23(30(45)46)15(12-50-29(22)40)7-4-10-39-9-3-6-14-5-1-2-8-19(14)39/h1-8,11,13,22,26,29,41-42H,9-10,12H2,(H2,35,36)(H,37,43)(H,45,46)(H,47,48). The molecule has 3 aromatic rings. The summed E-state index contributed by atoms with van der Waals surface area (Å²) in [4.78, 5) is 64.0. The number of benzene rings is 2. The molecule has 4 heterocycles. The lowest BCUT2D eigenvalue weighted by molar-refractivity contribution is -0.151. The van der Waals surface area contributed by atoms with Crippen molar-refractivity contribution in [2.24, 2.45) is 5.16 Å². The fourth-order valence-electron chi connectivity index (χ4n) is 5.55. The molecule has 3 atom stereocenters. The molecular weight excluding hydrogens is 747 g/mol. The van der Waals surface area contributed by atoms with Crippen LogP contribution in [0.2, 0.25) is 10.0 Å². The maximum absolute atomic E-state index is 13.6. The quantitative estimate of drug-likeness (QED) is 0.0706. The maximum Gasteiger partial charge on any atom is 0.352 e. The number of aromatic hydroxyl groups is 2. The van der Waals surface area contributed by atoms with Gasteiger partial charge in [-0.25, -0.2) is 14.6 Å². The molecule has 0 radical (unpaired) electrons. The highest BCUT2D eigenvalue weighted by atomic mass is 35.5. The zero-order chi connectivity index (χ0) is 36.6. The number of fused-ring (bicyclic) bond motifs is 2. The lowest BCUT2D eigenvalue weighted by Gasteiger charge is -2.49. The van der Waals surface area contributed by atoms with E-state index in [1.54, 1.807) is 6.08 Å². The first kappa shape index (κ1) is 35.6. The Kier molecular flexibility index (Phi) is 10.2. The van der Waals surface area contributed by atoms with Crippen LogP contribution in [-0.2, 0) is 24.0 Å². The summed E-state index contributed by atoms with van der Waals surface area (Å²) in [6.07, 6.45) is 5.57. The summed E-state index contributed by atoms with van der Waals surface area (Å²) in [5.74, 6) is -6.13. The second-order valence-corrected chi connectivity index (χ2v) is 13.9. The number of thiazole rings is 1. The Bertz CT molecular complexity index is 2080. The van der Waals surface area contributed by atoms with E-state index in [0.29, 0.717) is 18.7 Å². The van der Waals surface area contributed by atoms with Crippen LogP contribution < -0.4 is 16.0 Å². The number of nitrogens with one attached hydrogen (secondary N) is 1. The number of aliphatic carboxylic acids is 2. The Labute approximate surface area is 306 Å². The zero-order valence-corrected chi connectivity index (χ0v) is 29.0. The van der Waals surface area contributed by atoms with E-state index in [0.717, 1.165) is 33.6 Å². The molecule has 0 spiro atoms. The fraction of sp³-hybridized carbons (Fsp3) is 0.188. The molecule has 0 bridgehead atoms. The van der Waals surface area contributed by atoms with Gasteiger partial charge in [-0.15, -0.1) is 23.1 Å². The van der Waals surface area contributed by atoms with Crippen LogP contribution in [-0.4, -0.2) is 90.0 Å². The molecule has 7 N–H and O–H groups in total. The number of hydrogen-bond acceptors (Lipinski definition) is 13. The number of phenols is 2. The molecule has 2 aromatic carbocycles. The van der Waals surface area contributed by atoms with Crippen molar-refractivity contribution in [3.63, 3.8) is 0 Å². The van der Waals surface area contributed by atoms with Gasteiger partial charge in [0.2, 0.25) is 6.10 Å². The van der Waals surface area contributed by atoms with Gasteiger partial charge < -0.3 is 41.2 Å². The van der Waals surface area contributed by atoms with Gasteiger partial charge in [0.25, 0.3) is 11.8 Å². The van der Waals surface area contributed by atoms with Gasteiger partial charge in [0.1, 0.15) is 22.8 Å². The minimum Gasteiger partial charge on any atom is -0.503 e. The van der Waals surface area contributed by atoms with E-state index in [2.05, 4.69) is 20.4 Å². The summed E-state index contributed by atoms with van der Waals surface area (Å²) in [6.45, 7) is 1.18. The number of phenolic OH excluding ortho intramolecular Hbond substituents is 2. The molecule has 1 saturated heterocycles.